The zero-order valence-corrected chi connectivity index (χ0v) is 10.9. The number of carbonyl (C=O) groups is 1. The van der Waals surface area contributed by atoms with Crippen LogP contribution in [0.15, 0.2) is 0 Å². The molecule has 0 radical (unpaired) electrons. The van der Waals surface area contributed by atoms with Gasteiger partial charge in [-0.25, -0.2) is 0 Å². The van der Waals surface area contributed by atoms with E-state index in [-0.39, 0.29) is 6.61 Å². The summed E-state index contributed by atoms with van der Waals surface area (Å²) in [5.41, 5.74) is 0. The molecule has 0 aromatic carbocycles. The minimum absolute atomic E-state index is 0.110. The van der Waals surface area contributed by atoms with Crippen LogP contribution >= 0.6 is 0 Å². The summed E-state index contributed by atoms with van der Waals surface area (Å²) in [6, 6.07) is 0. The molecule has 0 aromatic rings. The molecule has 1 saturated heterocycles. The normalized spacial score (nSPS) is 18.5. The fourth-order valence-electron chi connectivity index (χ4n) is 2.20. The molecule has 1 aliphatic rings. The van der Waals surface area contributed by atoms with E-state index >= 15 is 0 Å². The van der Waals surface area contributed by atoms with Gasteiger partial charge in [0.2, 0.25) is 0 Å². The molecule has 0 atom stereocenters. The van der Waals surface area contributed by atoms with E-state index in [2.05, 4.69) is 4.90 Å². The Kier molecular flexibility index (Phi) is 7.40. The average molecular weight is 243 g/mol. The van der Waals surface area contributed by atoms with Crippen molar-refractivity contribution in [3.05, 3.63) is 0 Å². The molecule has 0 saturated carbocycles. The van der Waals surface area contributed by atoms with E-state index in [9.17, 15) is 4.79 Å². The summed E-state index contributed by atoms with van der Waals surface area (Å²) in [6.45, 7) is 5.62. The van der Waals surface area contributed by atoms with Crippen molar-refractivity contribution in [2.45, 2.75) is 45.1 Å². The molecule has 4 heteroatoms. The van der Waals surface area contributed by atoms with Crippen molar-refractivity contribution in [3.8, 4) is 0 Å². The Morgan fingerprint density at radius 1 is 1.41 bits per heavy atom. The molecular weight excluding hydrogens is 218 g/mol. The third kappa shape index (κ3) is 6.15. The molecule has 0 spiro atoms. The van der Waals surface area contributed by atoms with E-state index in [0.29, 0.717) is 24.9 Å². The van der Waals surface area contributed by atoms with Crippen LogP contribution in [0, 0.1) is 0 Å². The Balaban J connectivity index is 2.04. The van der Waals surface area contributed by atoms with Crippen LogP contribution in [-0.2, 0) is 9.53 Å². The van der Waals surface area contributed by atoms with Crippen LogP contribution in [0.5, 0.6) is 0 Å². The summed E-state index contributed by atoms with van der Waals surface area (Å²) in [5, 5.41) is 8.67. The minimum Gasteiger partial charge on any atom is -0.394 e. The number of piperidine rings is 1. The number of Topliss-reactive ketones (excluding diaryl/α,β-unsaturated/α-hetero) is 1. The van der Waals surface area contributed by atoms with Gasteiger partial charge in [-0.3, -0.25) is 4.79 Å². The molecule has 0 aromatic heterocycles. The maximum atomic E-state index is 11.2. The van der Waals surface area contributed by atoms with Gasteiger partial charge in [0.05, 0.1) is 19.3 Å². The molecule has 0 amide bonds. The summed E-state index contributed by atoms with van der Waals surface area (Å²) in [6.07, 6.45) is 4.77. The number of ether oxygens (including phenoxy) is 1. The van der Waals surface area contributed by atoms with Crippen LogP contribution in [0.3, 0.4) is 0 Å². The number of hydrogen-bond acceptors (Lipinski definition) is 4. The molecule has 1 N–H and O–H groups in total. The molecule has 1 heterocycles. The van der Waals surface area contributed by atoms with Crippen LogP contribution < -0.4 is 0 Å². The van der Waals surface area contributed by atoms with Crippen molar-refractivity contribution in [1.29, 1.82) is 0 Å². The van der Waals surface area contributed by atoms with E-state index in [0.717, 1.165) is 45.3 Å². The zero-order valence-electron chi connectivity index (χ0n) is 10.9. The quantitative estimate of drug-likeness (QED) is 0.696. The van der Waals surface area contributed by atoms with E-state index in [4.69, 9.17) is 9.84 Å². The summed E-state index contributed by atoms with van der Waals surface area (Å²) < 4.78 is 5.51. The summed E-state index contributed by atoms with van der Waals surface area (Å²) in [5.74, 6) is 0.367. The van der Waals surface area contributed by atoms with E-state index in [1.807, 2.05) is 6.92 Å². The highest BCUT2D eigenvalue weighted by Crippen LogP contribution is 2.14. The number of aliphatic hydroxyl groups is 1. The maximum Gasteiger partial charge on any atom is 0.132 e. The first-order valence-corrected chi connectivity index (χ1v) is 6.72. The zero-order chi connectivity index (χ0) is 12.5. The SMILES string of the molecule is CCC(=O)CCCN1CCC(OCCO)CC1. The van der Waals surface area contributed by atoms with Crippen LogP contribution in [0.1, 0.15) is 39.0 Å². The molecule has 1 fully saturated rings. The van der Waals surface area contributed by atoms with Crippen molar-refractivity contribution in [2.75, 3.05) is 32.8 Å². The molecule has 0 unspecified atom stereocenters. The van der Waals surface area contributed by atoms with Crippen molar-refractivity contribution >= 4 is 5.78 Å². The van der Waals surface area contributed by atoms with Gasteiger partial charge in [0, 0.05) is 25.9 Å². The highest BCUT2D eigenvalue weighted by molar-refractivity contribution is 5.77. The van der Waals surface area contributed by atoms with Crippen LogP contribution in [0.2, 0.25) is 0 Å². The molecule has 1 aliphatic heterocycles. The fourth-order valence-corrected chi connectivity index (χ4v) is 2.20. The second-order valence-corrected chi connectivity index (χ2v) is 4.63. The molecule has 1 rings (SSSR count). The first kappa shape index (κ1) is 14.6. The number of rotatable bonds is 8. The van der Waals surface area contributed by atoms with E-state index in [1.54, 1.807) is 0 Å². The van der Waals surface area contributed by atoms with Gasteiger partial charge in [0.1, 0.15) is 5.78 Å². The lowest BCUT2D eigenvalue weighted by Crippen LogP contribution is -2.38. The fraction of sp³-hybridized carbons (Fsp3) is 0.923. The number of carbonyl (C=O) groups excluding carboxylic acids is 1. The Bertz CT molecular complexity index is 213. The third-order valence-corrected chi connectivity index (χ3v) is 3.30. The summed E-state index contributed by atoms with van der Waals surface area (Å²) in [4.78, 5) is 13.6. The molecule has 17 heavy (non-hydrogen) atoms. The van der Waals surface area contributed by atoms with Crippen molar-refractivity contribution < 1.29 is 14.6 Å². The number of nitrogens with zero attached hydrogens (tertiary/aromatic N) is 1. The summed E-state index contributed by atoms with van der Waals surface area (Å²) in [7, 11) is 0. The lowest BCUT2D eigenvalue weighted by Gasteiger charge is -2.31. The molecule has 4 nitrogen and oxygen atoms in total. The third-order valence-electron chi connectivity index (χ3n) is 3.30. The topological polar surface area (TPSA) is 49.8 Å². The van der Waals surface area contributed by atoms with Crippen molar-refractivity contribution in [1.82, 2.24) is 4.90 Å². The lowest BCUT2D eigenvalue weighted by atomic mass is 10.1. The van der Waals surface area contributed by atoms with Gasteiger partial charge in [0.15, 0.2) is 0 Å². The highest BCUT2D eigenvalue weighted by atomic mass is 16.5. The predicted molar refractivity (Wildman–Crippen MR) is 67.0 cm³/mol. The Hall–Kier alpha value is -0.450. The summed E-state index contributed by atoms with van der Waals surface area (Å²) >= 11 is 0. The highest BCUT2D eigenvalue weighted by Gasteiger charge is 2.18. The van der Waals surface area contributed by atoms with Crippen LogP contribution in [0.25, 0.3) is 0 Å². The van der Waals surface area contributed by atoms with Gasteiger partial charge in [-0.05, 0) is 25.8 Å². The van der Waals surface area contributed by atoms with Crippen LogP contribution in [-0.4, -0.2) is 54.7 Å². The monoisotopic (exact) mass is 243 g/mol. The second-order valence-electron chi connectivity index (χ2n) is 4.63. The molecule has 0 bridgehead atoms. The van der Waals surface area contributed by atoms with Gasteiger partial charge in [-0.1, -0.05) is 6.92 Å². The lowest BCUT2D eigenvalue weighted by molar-refractivity contribution is -0.118. The number of ketones is 1. The largest absolute Gasteiger partial charge is 0.394 e. The smallest absolute Gasteiger partial charge is 0.132 e. The minimum atomic E-state index is 0.110. The van der Waals surface area contributed by atoms with Gasteiger partial charge in [-0.2, -0.15) is 0 Å². The first-order chi connectivity index (χ1) is 8.26. The number of likely N-dealkylation sites (tertiary alicyclic amines) is 1. The first-order valence-electron chi connectivity index (χ1n) is 6.72. The Labute approximate surface area is 104 Å². The van der Waals surface area contributed by atoms with Gasteiger partial charge in [-0.15, -0.1) is 0 Å². The van der Waals surface area contributed by atoms with Gasteiger partial charge >= 0.3 is 0 Å². The second kappa shape index (κ2) is 8.61. The van der Waals surface area contributed by atoms with Crippen LogP contribution in [0.4, 0.5) is 0 Å². The average Bonchev–Trinajstić information content (AvgIpc) is 2.37. The Morgan fingerprint density at radius 3 is 2.71 bits per heavy atom. The number of aliphatic hydroxyl groups excluding tert-OH is 1. The standard InChI is InChI=1S/C13H25NO3/c1-2-12(16)4-3-7-14-8-5-13(6-9-14)17-11-10-15/h13,15H,2-11H2,1H3. The predicted octanol–water partition coefficient (Wildman–Crippen LogP) is 1.22. The van der Waals surface area contributed by atoms with Gasteiger partial charge in [0.25, 0.3) is 0 Å². The van der Waals surface area contributed by atoms with Gasteiger partial charge < -0.3 is 14.7 Å². The van der Waals surface area contributed by atoms with Crippen molar-refractivity contribution in [3.63, 3.8) is 0 Å². The van der Waals surface area contributed by atoms with E-state index in [1.165, 1.54) is 0 Å². The number of hydrogen-bond donors (Lipinski definition) is 1. The molecule has 100 valence electrons. The van der Waals surface area contributed by atoms with Crippen molar-refractivity contribution in [2.24, 2.45) is 0 Å². The Morgan fingerprint density at radius 2 is 2.12 bits per heavy atom. The molecular formula is C13H25NO3. The van der Waals surface area contributed by atoms with E-state index < -0.39 is 0 Å². The maximum absolute atomic E-state index is 11.2. The molecule has 0 aliphatic carbocycles.